The molecule has 13 nitrogen and oxygen atoms in total. The molecule has 2 atom stereocenters. The molecule has 2 aromatic carbocycles. The Bertz CT molecular complexity index is 2550. The second-order valence-electron chi connectivity index (χ2n) is 14.7. The van der Waals surface area contributed by atoms with Crippen LogP contribution in [0.2, 0.25) is 0 Å². The lowest BCUT2D eigenvalue weighted by molar-refractivity contribution is -0.135. The van der Waals surface area contributed by atoms with Gasteiger partial charge in [0.1, 0.15) is 16.7 Å². The first kappa shape index (κ1) is 34.2. The van der Waals surface area contributed by atoms with Gasteiger partial charge in [0, 0.05) is 93.1 Å². The van der Waals surface area contributed by atoms with Crippen molar-refractivity contribution in [3.05, 3.63) is 81.7 Å². The number of rotatable bonds is 6. The van der Waals surface area contributed by atoms with E-state index in [0.29, 0.717) is 6.42 Å². The molecule has 6 aromatic rings. The molecule has 2 saturated heterocycles. The minimum atomic E-state index is -0.694. The average molecular weight is 744 g/mol. The van der Waals surface area contributed by atoms with Crippen molar-refractivity contribution in [2.45, 2.75) is 38.3 Å². The van der Waals surface area contributed by atoms with Crippen LogP contribution in [-0.2, 0) is 23.1 Å². The number of likely N-dealkylation sites (N-methyl/N-ethyl adjacent to an activating group) is 1. The van der Waals surface area contributed by atoms with Crippen LogP contribution in [0.5, 0.6) is 0 Å². The summed E-state index contributed by atoms with van der Waals surface area (Å²) in [6, 6.07) is 17.7. The number of para-hydroxylation sites is 1. The molecule has 0 aliphatic carbocycles. The van der Waals surface area contributed by atoms with Crippen LogP contribution >= 0.6 is 11.3 Å². The molecule has 1 unspecified atom stereocenters. The highest BCUT2D eigenvalue weighted by molar-refractivity contribution is 7.21. The smallest absolute Gasteiger partial charge is 0.329 e. The van der Waals surface area contributed by atoms with Crippen molar-refractivity contribution >= 4 is 72.6 Å². The summed E-state index contributed by atoms with van der Waals surface area (Å²) < 4.78 is 4.26. The zero-order chi connectivity index (χ0) is 37.2. The Balaban J connectivity index is 0.868. The predicted octanol–water partition coefficient (Wildman–Crippen LogP) is 4.08. The van der Waals surface area contributed by atoms with Crippen LogP contribution in [0.4, 0.5) is 11.5 Å². The van der Waals surface area contributed by atoms with E-state index in [2.05, 4.69) is 62.7 Å². The maximum Gasteiger partial charge on any atom is 0.329 e. The molecule has 7 heterocycles. The van der Waals surface area contributed by atoms with Crippen LogP contribution in [0.15, 0.2) is 65.6 Å². The number of piperazine rings is 1. The number of pyridine rings is 2. The fourth-order valence-corrected chi connectivity index (χ4v) is 9.63. The number of anilines is 2. The second-order valence-corrected chi connectivity index (χ2v) is 15.7. The van der Waals surface area contributed by atoms with E-state index in [4.69, 9.17) is 9.97 Å². The number of piperidine rings is 1. The van der Waals surface area contributed by atoms with E-state index in [1.54, 1.807) is 16.2 Å². The number of imidazole rings is 1. The van der Waals surface area contributed by atoms with Crippen molar-refractivity contribution in [3.63, 3.8) is 0 Å². The third-order valence-corrected chi connectivity index (χ3v) is 12.3. The molecular formula is C40H41N9O4S. The normalized spacial score (nSPS) is 19.7. The van der Waals surface area contributed by atoms with Gasteiger partial charge in [-0.1, -0.05) is 12.1 Å². The van der Waals surface area contributed by atoms with Gasteiger partial charge in [0.05, 0.1) is 27.9 Å². The lowest BCUT2D eigenvalue weighted by Crippen LogP contribution is -2.47. The molecule has 0 radical (unpaired) electrons. The molecule has 276 valence electrons. The van der Waals surface area contributed by atoms with E-state index < -0.39 is 11.9 Å². The number of amides is 3. The summed E-state index contributed by atoms with van der Waals surface area (Å²) >= 11 is 1.54. The van der Waals surface area contributed by atoms with Crippen LogP contribution in [0.25, 0.3) is 43.3 Å². The molecule has 9 rings (SSSR count). The first-order valence-corrected chi connectivity index (χ1v) is 19.3. The van der Waals surface area contributed by atoms with Gasteiger partial charge in [-0.3, -0.25) is 33.7 Å². The van der Waals surface area contributed by atoms with Crippen molar-refractivity contribution in [1.29, 1.82) is 0 Å². The SMILES string of the molecule is C[C@@H]1CN(C)c2c(sc3ccc4nc(-c5ccc(N6CCN(CCc7cccc8c7n(C)c(=O)n8C7CCC(=O)NC7=O)CC6)nc5)ccc4c23)C(=O)N1. The lowest BCUT2D eigenvalue weighted by Gasteiger charge is -2.35. The first-order chi connectivity index (χ1) is 26.1. The Morgan fingerprint density at radius 3 is 2.56 bits per heavy atom. The van der Waals surface area contributed by atoms with Gasteiger partial charge in [-0.2, -0.15) is 0 Å². The predicted molar refractivity (Wildman–Crippen MR) is 212 cm³/mol. The number of aryl methyl sites for hydroxylation is 1. The maximum absolute atomic E-state index is 13.3. The van der Waals surface area contributed by atoms with E-state index in [0.717, 1.165) is 111 Å². The number of fused-ring (bicyclic) bond motifs is 6. The zero-order valence-corrected chi connectivity index (χ0v) is 31.3. The molecule has 14 heteroatoms. The molecule has 3 aliphatic heterocycles. The van der Waals surface area contributed by atoms with E-state index in [1.807, 2.05) is 37.4 Å². The topological polar surface area (TPSA) is 138 Å². The number of nitrogens with zero attached hydrogens (tertiary/aromatic N) is 7. The van der Waals surface area contributed by atoms with Gasteiger partial charge in [0.25, 0.3) is 5.91 Å². The lowest BCUT2D eigenvalue weighted by atomic mass is 10.0. The zero-order valence-electron chi connectivity index (χ0n) is 30.5. The number of nitrogens with one attached hydrogen (secondary N) is 2. The molecule has 2 fully saturated rings. The Morgan fingerprint density at radius 2 is 1.78 bits per heavy atom. The number of carbonyl (C=O) groups is 3. The van der Waals surface area contributed by atoms with Gasteiger partial charge in [0.15, 0.2) is 0 Å². The van der Waals surface area contributed by atoms with E-state index in [9.17, 15) is 19.2 Å². The fraction of sp³-hybridized carbons (Fsp3) is 0.350. The molecule has 0 bridgehead atoms. The molecule has 3 amide bonds. The van der Waals surface area contributed by atoms with Gasteiger partial charge < -0.3 is 15.1 Å². The van der Waals surface area contributed by atoms with Gasteiger partial charge in [-0.15, -0.1) is 11.3 Å². The van der Waals surface area contributed by atoms with Crippen molar-refractivity contribution < 1.29 is 14.4 Å². The highest BCUT2D eigenvalue weighted by Crippen LogP contribution is 2.43. The van der Waals surface area contributed by atoms with Crippen LogP contribution < -0.4 is 26.1 Å². The summed E-state index contributed by atoms with van der Waals surface area (Å²) in [4.78, 5) is 68.3. The van der Waals surface area contributed by atoms with Crippen LogP contribution in [0.3, 0.4) is 0 Å². The minimum absolute atomic E-state index is 0.0169. The van der Waals surface area contributed by atoms with Crippen LogP contribution in [0.1, 0.15) is 41.0 Å². The number of hydrogen-bond acceptors (Lipinski definition) is 10. The largest absolute Gasteiger partial charge is 0.371 e. The second kappa shape index (κ2) is 13.4. The highest BCUT2D eigenvalue weighted by Gasteiger charge is 2.32. The summed E-state index contributed by atoms with van der Waals surface area (Å²) in [5, 5.41) is 7.61. The summed E-state index contributed by atoms with van der Waals surface area (Å²) in [5.41, 5.74) is 6.04. The van der Waals surface area contributed by atoms with Gasteiger partial charge in [0.2, 0.25) is 11.8 Å². The van der Waals surface area contributed by atoms with Crippen LogP contribution in [-0.4, -0.2) is 94.1 Å². The van der Waals surface area contributed by atoms with Gasteiger partial charge in [-0.05, 0) is 67.8 Å². The van der Waals surface area contributed by atoms with Crippen molar-refractivity contribution in [3.8, 4) is 11.3 Å². The number of benzene rings is 2. The maximum atomic E-state index is 13.3. The Morgan fingerprint density at radius 1 is 0.944 bits per heavy atom. The minimum Gasteiger partial charge on any atom is -0.371 e. The fourth-order valence-electron chi connectivity index (χ4n) is 8.46. The number of hydrogen-bond donors (Lipinski definition) is 2. The average Bonchev–Trinajstić information content (AvgIpc) is 3.66. The van der Waals surface area contributed by atoms with E-state index >= 15 is 0 Å². The molecule has 3 aliphatic rings. The molecule has 0 saturated carbocycles. The van der Waals surface area contributed by atoms with Crippen molar-refractivity contribution in [1.82, 2.24) is 34.6 Å². The highest BCUT2D eigenvalue weighted by atomic mass is 32.1. The summed E-state index contributed by atoms with van der Waals surface area (Å²) in [7, 11) is 3.80. The third kappa shape index (κ3) is 5.80. The van der Waals surface area contributed by atoms with Crippen LogP contribution in [0, 0.1) is 0 Å². The van der Waals surface area contributed by atoms with Gasteiger partial charge in [-0.25, -0.2) is 14.8 Å². The molecule has 2 N–H and O–H groups in total. The Labute approximate surface area is 315 Å². The van der Waals surface area contributed by atoms with Gasteiger partial charge >= 0.3 is 5.69 Å². The van der Waals surface area contributed by atoms with Crippen molar-refractivity contribution in [2.24, 2.45) is 7.05 Å². The standard InChI is InChI=1S/C40H41N9O4S/c1-23-22-45(2)36-34-26-8-9-27(43-28(26)10-12-31(34)54-37(36)39(52)42-23)25-7-13-32(41-21-25)48-19-17-47(18-20-48)16-15-24-5-4-6-29-35(24)46(3)40(53)49(29)30-11-14-33(50)44-38(30)51/h4-10,12-13,21,23,30H,11,14-20,22H2,1-3H3,(H,42,52)(H,44,50,51)/t23-,30?/m1/s1. The van der Waals surface area contributed by atoms with Crippen molar-refractivity contribution in [2.75, 3.05) is 56.1 Å². The number of carbonyl (C=O) groups excluding carboxylic acids is 3. The monoisotopic (exact) mass is 743 g/mol. The summed E-state index contributed by atoms with van der Waals surface area (Å²) in [5.74, 6) is 0.199. The summed E-state index contributed by atoms with van der Waals surface area (Å²) in [6.07, 6.45) is 3.20. The number of aromatic nitrogens is 4. The first-order valence-electron chi connectivity index (χ1n) is 18.5. The Kier molecular flexibility index (Phi) is 8.46. The van der Waals surface area contributed by atoms with E-state index in [1.165, 1.54) is 11.3 Å². The quantitative estimate of drug-likeness (QED) is 0.242. The molecular weight excluding hydrogens is 703 g/mol. The van der Waals surface area contributed by atoms with E-state index in [-0.39, 0.29) is 30.0 Å². The molecule has 54 heavy (non-hydrogen) atoms. The number of thiophene rings is 1. The third-order valence-electron chi connectivity index (χ3n) is 11.2. The number of imide groups is 1. The molecule has 4 aromatic heterocycles. The Hall–Kier alpha value is -5.60. The molecule has 0 spiro atoms. The summed E-state index contributed by atoms with van der Waals surface area (Å²) in [6.45, 7) is 7.08.